The molecular formula is C22H14N4O3. The molecule has 7 heteroatoms. The molecule has 3 aromatic rings. The monoisotopic (exact) mass is 382 g/mol. The zero-order valence-corrected chi connectivity index (χ0v) is 15.1. The van der Waals surface area contributed by atoms with Crippen molar-refractivity contribution in [2.24, 2.45) is 10.1 Å². The number of hydrogen-bond acceptors (Lipinski definition) is 5. The Morgan fingerprint density at radius 3 is 2.55 bits per heavy atom. The van der Waals surface area contributed by atoms with Crippen LogP contribution in [-0.2, 0) is 9.59 Å². The first-order chi connectivity index (χ1) is 14.2. The number of nitrogens with one attached hydrogen (secondary N) is 1. The maximum absolute atomic E-state index is 13.1. The molecule has 3 heterocycles. The fourth-order valence-electron chi connectivity index (χ4n) is 3.18. The van der Waals surface area contributed by atoms with E-state index in [9.17, 15) is 9.59 Å². The smallest absolute Gasteiger partial charge is 0.298 e. The number of rotatable bonds is 3. The zero-order chi connectivity index (χ0) is 19.8. The van der Waals surface area contributed by atoms with Gasteiger partial charge in [0.15, 0.2) is 11.5 Å². The van der Waals surface area contributed by atoms with Crippen LogP contribution in [0.3, 0.4) is 0 Å². The molecule has 1 N–H and O–H groups in total. The molecular weight excluding hydrogens is 368 g/mol. The topological polar surface area (TPSA) is 87.3 Å². The van der Waals surface area contributed by atoms with Crippen molar-refractivity contribution in [3.63, 3.8) is 0 Å². The number of fused-ring (bicyclic) bond motifs is 1. The van der Waals surface area contributed by atoms with Crippen LogP contribution in [0.4, 0.5) is 5.69 Å². The lowest BCUT2D eigenvalue weighted by atomic mass is 10.1. The summed E-state index contributed by atoms with van der Waals surface area (Å²) in [5, 5.41) is 8.33. The Morgan fingerprint density at radius 1 is 0.966 bits per heavy atom. The number of amides is 2. The normalized spacial score (nSPS) is 18.3. The summed E-state index contributed by atoms with van der Waals surface area (Å²) in [6.07, 6.45) is 3.07. The van der Waals surface area contributed by atoms with Gasteiger partial charge < -0.3 is 9.73 Å². The Bertz CT molecular complexity index is 1210. The van der Waals surface area contributed by atoms with Crippen LogP contribution in [0.1, 0.15) is 16.9 Å². The van der Waals surface area contributed by atoms with E-state index in [1.165, 1.54) is 11.3 Å². The number of hydrogen-bond donors (Lipinski definition) is 1. The van der Waals surface area contributed by atoms with E-state index >= 15 is 0 Å². The molecule has 0 aliphatic carbocycles. The van der Waals surface area contributed by atoms with E-state index in [0.717, 1.165) is 0 Å². The van der Waals surface area contributed by atoms with Crippen molar-refractivity contribution < 1.29 is 14.0 Å². The van der Waals surface area contributed by atoms with Crippen molar-refractivity contribution in [3.8, 4) is 0 Å². The SMILES string of the molecule is O=C1Nc2ccccc2/C1=N/N1C(=O)/C(=C\c2ccco2)N=C1c1ccccc1. The maximum Gasteiger partial charge on any atom is 0.298 e. The summed E-state index contributed by atoms with van der Waals surface area (Å²) >= 11 is 0. The van der Waals surface area contributed by atoms with E-state index in [2.05, 4.69) is 15.4 Å². The highest BCUT2D eigenvalue weighted by molar-refractivity contribution is 6.54. The van der Waals surface area contributed by atoms with Crippen LogP contribution < -0.4 is 5.32 Å². The first-order valence-corrected chi connectivity index (χ1v) is 8.94. The van der Waals surface area contributed by atoms with Gasteiger partial charge in [0.05, 0.1) is 12.0 Å². The lowest BCUT2D eigenvalue weighted by molar-refractivity contribution is -0.122. The molecule has 2 aliphatic heterocycles. The third kappa shape index (κ3) is 2.94. The highest BCUT2D eigenvalue weighted by Crippen LogP contribution is 2.27. The van der Waals surface area contributed by atoms with Gasteiger partial charge in [-0.15, -0.1) is 0 Å². The van der Waals surface area contributed by atoms with Crippen LogP contribution in [0.2, 0.25) is 0 Å². The highest BCUT2D eigenvalue weighted by Gasteiger charge is 2.34. The van der Waals surface area contributed by atoms with Crippen molar-refractivity contribution in [2.45, 2.75) is 0 Å². The van der Waals surface area contributed by atoms with E-state index in [-0.39, 0.29) is 17.3 Å². The summed E-state index contributed by atoms with van der Waals surface area (Å²) in [5.74, 6) is 0.0425. The number of carbonyl (C=O) groups is 2. The van der Waals surface area contributed by atoms with Gasteiger partial charge in [0.2, 0.25) is 0 Å². The van der Waals surface area contributed by atoms with E-state index in [1.54, 1.807) is 30.3 Å². The van der Waals surface area contributed by atoms with Gasteiger partial charge >= 0.3 is 0 Å². The van der Waals surface area contributed by atoms with Crippen molar-refractivity contribution in [2.75, 3.05) is 5.32 Å². The van der Waals surface area contributed by atoms with Crippen molar-refractivity contribution >= 4 is 35.1 Å². The Hall–Kier alpha value is -4.26. The molecule has 0 bridgehead atoms. The molecule has 0 atom stereocenters. The first-order valence-electron chi connectivity index (χ1n) is 8.94. The third-order valence-corrected chi connectivity index (χ3v) is 4.54. The molecule has 2 aliphatic rings. The Balaban J connectivity index is 1.62. The van der Waals surface area contributed by atoms with Gasteiger partial charge in [0.25, 0.3) is 11.8 Å². The van der Waals surface area contributed by atoms with Crippen LogP contribution in [0, 0.1) is 0 Å². The summed E-state index contributed by atoms with van der Waals surface area (Å²) in [6.45, 7) is 0. The van der Waals surface area contributed by atoms with Crippen LogP contribution in [0.25, 0.3) is 6.08 Å². The van der Waals surface area contributed by atoms with Gasteiger partial charge in [-0.25, -0.2) is 4.99 Å². The number of amidine groups is 1. The largest absolute Gasteiger partial charge is 0.465 e. The second-order valence-electron chi connectivity index (χ2n) is 6.41. The Kier molecular flexibility index (Phi) is 3.91. The molecule has 2 amide bonds. The molecule has 29 heavy (non-hydrogen) atoms. The highest BCUT2D eigenvalue weighted by atomic mass is 16.3. The number of hydrazone groups is 1. The quantitative estimate of drug-likeness (QED) is 0.706. The standard InChI is InChI=1S/C22H14N4O3/c27-21-19(16-10-4-5-11-17(16)24-21)25-26-20(14-7-2-1-3-8-14)23-18(22(26)28)13-15-9-6-12-29-15/h1-13H,(H,24,25,27)/b18-13+. The molecule has 5 rings (SSSR count). The molecule has 0 spiro atoms. The number of carbonyl (C=O) groups excluding carboxylic acids is 2. The average molecular weight is 382 g/mol. The van der Waals surface area contributed by atoms with Gasteiger partial charge in [0, 0.05) is 17.2 Å². The fraction of sp³-hybridized carbons (Fsp3) is 0. The predicted octanol–water partition coefficient (Wildman–Crippen LogP) is 3.27. The lowest BCUT2D eigenvalue weighted by Gasteiger charge is -2.13. The van der Waals surface area contributed by atoms with Gasteiger partial charge in [-0.2, -0.15) is 10.1 Å². The van der Waals surface area contributed by atoms with Gasteiger partial charge in [0.1, 0.15) is 11.5 Å². The molecule has 1 aromatic heterocycles. The lowest BCUT2D eigenvalue weighted by Crippen LogP contribution is -2.30. The van der Waals surface area contributed by atoms with Crippen LogP contribution in [0.15, 0.2) is 93.2 Å². The summed E-state index contributed by atoms with van der Waals surface area (Å²) < 4.78 is 5.30. The van der Waals surface area contributed by atoms with Crippen molar-refractivity contribution in [1.29, 1.82) is 0 Å². The van der Waals surface area contributed by atoms with E-state index in [1.807, 2.05) is 42.5 Å². The minimum absolute atomic E-state index is 0.164. The van der Waals surface area contributed by atoms with Gasteiger partial charge in [-0.3, -0.25) is 9.59 Å². The second kappa shape index (κ2) is 6.72. The predicted molar refractivity (Wildman–Crippen MR) is 108 cm³/mol. The third-order valence-electron chi connectivity index (χ3n) is 4.54. The summed E-state index contributed by atoms with van der Waals surface area (Å²) in [5.41, 5.74) is 2.35. The average Bonchev–Trinajstić information content (AvgIpc) is 3.44. The Labute approximate surface area is 165 Å². The fourth-order valence-corrected chi connectivity index (χ4v) is 3.18. The molecule has 7 nitrogen and oxygen atoms in total. The number of anilines is 1. The first kappa shape index (κ1) is 16.9. The van der Waals surface area contributed by atoms with E-state index in [4.69, 9.17) is 4.42 Å². The number of benzene rings is 2. The molecule has 2 aromatic carbocycles. The molecule has 0 unspecified atom stereocenters. The summed E-state index contributed by atoms with van der Waals surface area (Å²) in [4.78, 5) is 30.0. The van der Waals surface area contributed by atoms with Crippen LogP contribution in [0.5, 0.6) is 0 Å². The number of aliphatic imine (C=N–C) groups is 1. The molecule has 0 radical (unpaired) electrons. The minimum Gasteiger partial charge on any atom is -0.465 e. The Morgan fingerprint density at radius 2 is 1.76 bits per heavy atom. The number of furan rings is 1. The summed E-state index contributed by atoms with van der Waals surface area (Å²) in [7, 11) is 0. The van der Waals surface area contributed by atoms with E-state index in [0.29, 0.717) is 28.4 Å². The van der Waals surface area contributed by atoms with Crippen molar-refractivity contribution in [1.82, 2.24) is 5.01 Å². The minimum atomic E-state index is -0.440. The van der Waals surface area contributed by atoms with Crippen LogP contribution in [-0.4, -0.2) is 28.4 Å². The van der Waals surface area contributed by atoms with Crippen molar-refractivity contribution in [3.05, 3.63) is 95.6 Å². The molecule has 0 fully saturated rings. The summed E-state index contributed by atoms with van der Waals surface area (Å²) in [6, 6.07) is 19.9. The molecule has 0 saturated carbocycles. The van der Waals surface area contributed by atoms with Crippen LogP contribution >= 0.6 is 0 Å². The van der Waals surface area contributed by atoms with Gasteiger partial charge in [-0.1, -0.05) is 48.5 Å². The number of nitrogens with zero attached hydrogens (tertiary/aromatic N) is 3. The number of para-hydroxylation sites is 1. The molecule has 0 saturated heterocycles. The van der Waals surface area contributed by atoms with Gasteiger partial charge in [-0.05, 0) is 18.2 Å². The maximum atomic E-state index is 13.1. The second-order valence-corrected chi connectivity index (χ2v) is 6.41. The van der Waals surface area contributed by atoms with E-state index < -0.39 is 5.91 Å². The zero-order valence-electron chi connectivity index (χ0n) is 15.1. The molecule has 140 valence electrons.